The topological polar surface area (TPSA) is 38.7 Å². The molecule has 0 amide bonds. The van der Waals surface area contributed by atoms with Gasteiger partial charge in [0, 0.05) is 41.9 Å². The van der Waals surface area contributed by atoms with Crippen LogP contribution in [0.4, 0.5) is 0 Å². The first-order chi connectivity index (χ1) is 10.6. The summed E-state index contributed by atoms with van der Waals surface area (Å²) in [6, 6.07) is 4.05. The number of phenolic OH excluding ortho intramolecular Hbond substituents is 1. The van der Waals surface area contributed by atoms with Crippen molar-refractivity contribution in [2.24, 2.45) is 0 Å². The van der Waals surface area contributed by atoms with Crippen molar-refractivity contribution >= 4 is 45.2 Å². The molecule has 1 aromatic carbocycles. The lowest BCUT2D eigenvalue weighted by Crippen LogP contribution is -2.46. The smallest absolute Gasteiger partial charge is 0.133 e. The Morgan fingerprint density at radius 2 is 1.82 bits per heavy atom. The molecule has 1 heterocycles. The van der Waals surface area contributed by atoms with Crippen LogP contribution in [-0.2, 0) is 6.54 Å². The van der Waals surface area contributed by atoms with Crippen LogP contribution in [0.2, 0.25) is 0 Å². The second-order valence-corrected chi connectivity index (χ2v) is 8.11. The first-order valence-corrected chi connectivity index (χ1v) is 10.1. The number of hydrogen-bond donors (Lipinski definition) is 2. The minimum Gasteiger partial charge on any atom is -0.507 e. The van der Waals surface area contributed by atoms with E-state index in [1.807, 2.05) is 6.07 Å². The lowest BCUT2D eigenvalue weighted by atomic mass is 10.2. The van der Waals surface area contributed by atoms with E-state index in [2.05, 4.69) is 73.3 Å². The molecule has 1 fully saturated rings. The van der Waals surface area contributed by atoms with Crippen LogP contribution in [0.5, 0.6) is 5.75 Å². The van der Waals surface area contributed by atoms with Crippen molar-refractivity contribution in [1.82, 2.24) is 15.1 Å². The fourth-order valence-corrected chi connectivity index (χ4v) is 4.70. The highest BCUT2D eigenvalue weighted by Gasteiger charge is 2.14. The number of phenols is 1. The molecule has 4 nitrogen and oxygen atoms in total. The number of piperazine rings is 1. The Bertz CT molecular complexity index is 477. The van der Waals surface area contributed by atoms with Crippen molar-refractivity contribution < 1.29 is 5.11 Å². The summed E-state index contributed by atoms with van der Waals surface area (Å²) in [5.41, 5.74) is 0.993. The molecule has 124 valence electrons. The van der Waals surface area contributed by atoms with E-state index in [-0.39, 0.29) is 0 Å². The molecule has 0 saturated carbocycles. The van der Waals surface area contributed by atoms with Crippen LogP contribution in [0.25, 0.3) is 0 Å². The second kappa shape index (κ2) is 9.61. The summed E-state index contributed by atoms with van der Waals surface area (Å²) in [5.74, 6) is 0.421. The van der Waals surface area contributed by atoms with Crippen LogP contribution in [0, 0.1) is 7.14 Å². The molecule has 1 aliphatic heterocycles. The van der Waals surface area contributed by atoms with Gasteiger partial charge in [0.05, 0.1) is 3.57 Å². The molecule has 2 rings (SSSR count). The van der Waals surface area contributed by atoms with Crippen molar-refractivity contribution in [3.63, 3.8) is 0 Å². The van der Waals surface area contributed by atoms with Gasteiger partial charge in [0.25, 0.3) is 0 Å². The average molecular weight is 529 g/mol. The normalized spacial score (nSPS) is 17.0. The third kappa shape index (κ3) is 5.77. The number of hydrogen-bond acceptors (Lipinski definition) is 4. The van der Waals surface area contributed by atoms with Crippen LogP contribution in [0.1, 0.15) is 18.9 Å². The van der Waals surface area contributed by atoms with E-state index in [4.69, 9.17) is 0 Å². The maximum atomic E-state index is 10.1. The van der Waals surface area contributed by atoms with Crippen molar-refractivity contribution in [3.8, 4) is 5.75 Å². The zero-order valence-electron chi connectivity index (χ0n) is 13.1. The number of nitrogens with one attached hydrogen (secondary N) is 1. The molecule has 0 bridgehead atoms. The van der Waals surface area contributed by atoms with E-state index in [0.29, 0.717) is 5.75 Å². The first-order valence-electron chi connectivity index (χ1n) is 7.92. The fourth-order valence-electron chi connectivity index (χ4n) is 2.73. The summed E-state index contributed by atoms with van der Waals surface area (Å²) in [7, 11) is 0. The summed E-state index contributed by atoms with van der Waals surface area (Å²) >= 11 is 4.48. The minimum absolute atomic E-state index is 0.421. The van der Waals surface area contributed by atoms with Gasteiger partial charge in [-0.2, -0.15) is 0 Å². The van der Waals surface area contributed by atoms with E-state index in [0.717, 1.165) is 28.6 Å². The van der Waals surface area contributed by atoms with Gasteiger partial charge in [-0.25, -0.2) is 0 Å². The zero-order valence-corrected chi connectivity index (χ0v) is 17.4. The zero-order chi connectivity index (χ0) is 15.9. The van der Waals surface area contributed by atoms with Gasteiger partial charge in [0.1, 0.15) is 5.75 Å². The molecule has 1 aliphatic rings. The fraction of sp³-hybridized carbons (Fsp3) is 0.625. The van der Waals surface area contributed by atoms with E-state index >= 15 is 0 Å². The molecule has 0 spiro atoms. The Morgan fingerprint density at radius 3 is 2.50 bits per heavy atom. The van der Waals surface area contributed by atoms with Gasteiger partial charge in [0.2, 0.25) is 0 Å². The summed E-state index contributed by atoms with van der Waals surface area (Å²) in [5, 5.41) is 13.5. The predicted molar refractivity (Wildman–Crippen MR) is 108 cm³/mol. The van der Waals surface area contributed by atoms with Gasteiger partial charge in [-0.3, -0.25) is 0 Å². The third-order valence-corrected chi connectivity index (χ3v) is 5.61. The highest BCUT2D eigenvalue weighted by Crippen LogP contribution is 2.26. The van der Waals surface area contributed by atoms with E-state index in [1.54, 1.807) is 0 Å². The molecular weight excluding hydrogens is 504 g/mol. The van der Waals surface area contributed by atoms with Crippen molar-refractivity contribution in [2.75, 3.05) is 45.8 Å². The Labute approximate surface area is 160 Å². The molecule has 0 unspecified atom stereocenters. The Hall–Kier alpha value is 0.360. The van der Waals surface area contributed by atoms with Crippen molar-refractivity contribution in [1.29, 1.82) is 0 Å². The van der Waals surface area contributed by atoms with Crippen LogP contribution in [0.3, 0.4) is 0 Å². The number of benzene rings is 1. The van der Waals surface area contributed by atoms with Crippen LogP contribution >= 0.6 is 45.2 Å². The highest BCUT2D eigenvalue weighted by molar-refractivity contribution is 14.1. The SMILES string of the molecule is CCN1CCN(CCCNCc2cc(I)cc(I)c2O)CC1. The van der Waals surface area contributed by atoms with E-state index in [1.165, 1.54) is 42.8 Å². The van der Waals surface area contributed by atoms with Crippen LogP contribution < -0.4 is 5.32 Å². The lowest BCUT2D eigenvalue weighted by Gasteiger charge is -2.34. The summed E-state index contributed by atoms with van der Waals surface area (Å²) in [6.45, 7) is 11.1. The number of halogens is 2. The second-order valence-electron chi connectivity index (χ2n) is 5.70. The molecular formula is C16H25I2N3O. The average Bonchev–Trinajstić information content (AvgIpc) is 2.52. The standard InChI is InChI=1S/C16H25I2N3O/c1-2-20-6-8-21(9-7-20)5-3-4-19-12-13-10-14(17)11-15(18)16(13)22/h10-11,19,22H,2-9,12H2,1H3. The maximum Gasteiger partial charge on any atom is 0.133 e. The predicted octanol–water partition coefficient (Wildman–Crippen LogP) is 2.72. The van der Waals surface area contributed by atoms with Gasteiger partial charge in [-0.05, 0) is 83.4 Å². The molecule has 0 aromatic heterocycles. The quantitative estimate of drug-likeness (QED) is 0.421. The summed E-state index contributed by atoms with van der Waals surface area (Å²) < 4.78 is 2.10. The monoisotopic (exact) mass is 529 g/mol. The molecule has 0 atom stereocenters. The third-order valence-electron chi connectivity index (χ3n) is 4.16. The summed E-state index contributed by atoms with van der Waals surface area (Å²) in [4.78, 5) is 5.07. The molecule has 1 aromatic rings. The molecule has 0 radical (unpaired) electrons. The number of nitrogens with zero attached hydrogens (tertiary/aromatic N) is 2. The minimum atomic E-state index is 0.421. The van der Waals surface area contributed by atoms with Gasteiger partial charge >= 0.3 is 0 Å². The molecule has 1 saturated heterocycles. The largest absolute Gasteiger partial charge is 0.507 e. The van der Waals surface area contributed by atoms with Gasteiger partial charge < -0.3 is 20.2 Å². The number of aromatic hydroxyl groups is 1. The van der Waals surface area contributed by atoms with Gasteiger partial charge in [0.15, 0.2) is 0 Å². The number of rotatable bonds is 7. The molecule has 2 N–H and O–H groups in total. The Kier molecular flexibility index (Phi) is 8.16. The van der Waals surface area contributed by atoms with Crippen molar-refractivity contribution in [3.05, 3.63) is 24.8 Å². The first kappa shape index (κ1) is 18.7. The van der Waals surface area contributed by atoms with Gasteiger partial charge in [-0.15, -0.1) is 0 Å². The Morgan fingerprint density at radius 1 is 1.14 bits per heavy atom. The van der Waals surface area contributed by atoms with E-state index < -0.39 is 0 Å². The van der Waals surface area contributed by atoms with Crippen LogP contribution in [-0.4, -0.2) is 60.7 Å². The summed E-state index contributed by atoms with van der Waals surface area (Å²) in [6.07, 6.45) is 1.16. The molecule has 6 heteroatoms. The van der Waals surface area contributed by atoms with Gasteiger partial charge in [-0.1, -0.05) is 6.92 Å². The van der Waals surface area contributed by atoms with Crippen LogP contribution in [0.15, 0.2) is 12.1 Å². The highest BCUT2D eigenvalue weighted by atomic mass is 127. The maximum absolute atomic E-state index is 10.1. The lowest BCUT2D eigenvalue weighted by molar-refractivity contribution is 0.136. The molecule has 22 heavy (non-hydrogen) atoms. The number of likely N-dealkylation sites (N-methyl/N-ethyl adjacent to an activating group) is 1. The molecule has 0 aliphatic carbocycles. The Balaban J connectivity index is 1.64. The van der Waals surface area contributed by atoms with E-state index in [9.17, 15) is 5.11 Å². The van der Waals surface area contributed by atoms with Crippen molar-refractivity contribution in [2.45, 2.75) is 19.9 Å².